The Morgan fingerprint density at radius 1 is 0.261 bits per heavy atom. The highest BCUT2D eigenvalue weighted by molar-refractivity contribution is 6.32. The lowest BCUT2D eigenvalue weighted by molar-refractivity contribution is -0.140. The standard InChI is InChI=1S/C18H16N2O3.C17H13ClN2O3.2C17H14N2O3.C16H12N2O3/c1-12-7-9-14(10-8-12)20-17(22)15(16(21)19-18(20)23)11-13-5-3-2-4-6-13;18-13-8-6-12(7-9-13)14-15(21)19-17(23)20(16(14)22)10-11-4-2-1-3-5-11;20-15-14(13-9-5-2-6-10-13)16(21)19(17(22)18-15)11-12-7-3-1-4-8-12;20-15-14(11-12-7-3-1-4-8-12)16(21)19(17(22)18-15)13-9-5-2-6-10-13;19-14-13(11-7-3-1-4-8-11)15(20)18(16(21)17-14)12-9-5-2-6-10-12/h2-10,15H,11H2,1H3,(H,19,21,23);1-9,14H,10H2,(H,19,21,23);2*1-10,14H,11H2,(H,18,20,22);1-10,13H,(H,17,19,21). The van der Waals surface area contributed by atoms with E-state index in [1.807, 2.05) is 146 Å². The minimum absolute atomic E-state index is 0.114. The Morgan fingerprint density at radius 3 is 0.865 bits per heavy atom. The van der Waals surface area contributed by atoms with E-state index < -0.39 is 119 Å². The van der Waals surface area contributed by atoms with E-state index in [0.29, 0.717) is 38.8 Å². The van der Waals surface area contributed by atoms with Crippen molar-refractivity contribution in [2.24, 2.45) is 11.8 Å². The second kappa shape index (κ2) is 36.2. The number of benzene rings is 10. The topological polar surface area (TPSA) is 332 Å². The number of imide groups is 10. The number of aryl methyl sites for hydroxylation is 1. The third kappa shape index (κ3) is 19.0. The molecule has 0 spiro atoms. The van der Waals surface area contributed by atoms with Crippen molar-refractivity contribution >= 4 is 118 Å². The second-order valence-corrected chi connectivity index (χ2v) is 25.9. The Balaban J connectivity index is 0.000000137. The van der Waals surface area contributed by atoms with Crippen LogP contribution in [0.2, 0.25) is 5.02 Å². The number of hydrogen-bond donors (Lipinski definition) is 5. The Kier molecular flexibility index (Phi) is 25.3. The van der Waals surface area contributed by atoms with Crippen molar-refractivity contribution in [2.45, 2.75) is 50.6 Å². The summed E-state index contributed by atoms with van der Waals surface area (Å²) in [5.74, 6) is -10.3. The summed E-state index contributed by atoms with van der Waals surface area (Å²) in [5, 5.41) is 11.8. The van der Waals surface area contributed by atoms with Gasteiger partial charge in [-0.05, 0) is 107 Å². The summed E-state index contributed by atoms with van der Waals surface area (Å²) < 4.78 is 0. The van der Waals surface area contributed by atoms with E-state index in [2.05, 4.69) is 26.6 Å². The number of amides is 20. The number of rotatable bonds is 14. The molecule has 10 aromatic carbocycles. The molecular weight excluding hydrogens is 1440 g/mol. The summed E-state index contributed by atoms with van der Waals surface area (Å²) >= 11 is 5.83. The maximum Gasteiger partial charge on any atom is 0.335 e. The predicted molar refractivity (Wildman–Crippen MR) is 408 cm³/mol. The minimum Gasteiger partial charge on any atom is -0.277 e. The van der Waals surface area contributed by atoms with E-state index in [9.17, 15) is 71.9 Å². The highest BCUT2D eigenvalue weighted by Crippen LogP contribution is 2.31. The molecule has 0 radical (unpaired) electrons. The SMILES string of the molecule is Cc1ccc(N2C(=O)NC(=O)C(Cc3ccccc3)C2=O)cc1.O=C1NC(=O)N(Cc2ccccc2)C(=O)C1c1ccc(Cl)cc1.O=C1NC(=O)N(Cc2ccccc2)C(=O)C1c1ccccc1.O=C1NC(=O)N(c2ccccc2)C(=O)C1Cc1ccccc1.O=C1NC(=O)N(c2ccccc2)C(=O)C1c1ccccc1. The summed E-state index contributed by atoms with van der Waals surface area (Å²) in [5.41, 5.74) is 7.40. The van der Waals surface area contributed by atoms with Crippen LogP contribution in [0.4, 0.5) is 41.0 Å². The molecule has 0 bridgehead atoms. The predicted octanol–water partition coefficient (Wildman–Crippen LogP) is 11.4. The average molecular weight is 1510 g/mol. The van der Waals surface area contributed by atoms with E-state index >= 15 is 0 Å². The Labute approximate surface area is 640 Å². The van der Waals surface area contributed by atoms with Gasteiger partial charge in [-0.3, -0.25) is 84.3 Å². The largest absolute Gasteiger partial charge is 0.335 e. The molecular formula is C85H69ClN10O15. The third-order valence-corrected chi connectivity index (χ3v) is 18.2. The van der Waals surface area contributed by atoms with Crippen LogP contribution in [-0.2, 0) is 73.9 Å². The van der Waals surface area contributed by atoms with Gasteiger partial charge in [-0.1, -0.05) is 260 Å². The van der Waals surface area contributed by atoms with E-state index in [0.717, 1.165) is 52.3 Å². The van der Waals surface area contributed by atoms with E-state index in [1.54, 1.807) is 152 Å². The molecule has 5 aliphatic heterocycles. The minimum atomic E-state index is -1.05. The molecule has 20 amide bonds. The molecule has 556 valence electrons. The summed E-state index contributed by atoms with van der Waals surface area (Å²) in [6, 6.07) is 81.4. The van der Waals surface area contributed by atoms with Crippen LogP contribution >= 0.6 is 11.6 Å². The van der Waals surface area contributed by atoms with Crippen LogP contribution in [-0.4, -0.2) is 99.0 Å². The number of hydrogen-bond acceptors (Lipinski definition) is 15. The van der Waals surface area contributed by atoms with Crippen LogP contribution in [0.5, 0.6) is 0 Å². The Hall–Kier alpha value is -14.5. The van der Waals surface area contributed by atoms with Gasteiger partial charge < -0.3 is 0 Å². The van der Waals surface area contributed by atoms with Crippen molar-refractivity contribution < 1.29 is 71.9 Å². The van der Waals surface area contributed by atoms with Crippen molar-refractivity contribution in [3.63, 3.8) is 0 Å². The Bertz CT molecular complexity index is 4820. The van der Waals surface area contributed by atoms with Crippen molar-refractivity contribution in [2.75, 3.05) is 14.7 Å². The number of carbonyl (C=O) groups excluding carboxylic acids is 15. The normalized spacial score (nSPS) is 18.2. The lowest BCUT2D eigenvalue weighted by Gasteiger charge is -2.30. The molecule has 0 aliphatic carbocycles. The fourth-order valence-corrected chi connectivity index (χ4v) is 12.5. The van der Waals surface area contributed by atoms with Crippen LogP contribution in [0, 0.1) is 18.8 Å². The van der Waals surface area contributed by atoms with E-state index in [4.69, 9.17) is 11.6 Å². The fourth-order valence-electron chi connectivity index (χ4n) is 12.3. The zero-order valence-corrected chi connectivity index (χ0v) is 59.9. The summed E-state index contributed by atoms with van der Waals surface area (Å²) in [4.78, 5) is 189. The van der Waals surface area contributed by atoms with Gasteiger partial charge in [0, 0.05) is 5.02 Å². The lowest BCUT2D eigenvalue weighted by Crippen LogP contribution is -2.58. The fraction of sp³-hybridized carbons (Fsp3) is 0.118. The summed E-state index contributed by atoms with van der Waals surface area (Å²) in [7, 11) is 0. The summed E-state index contributed by atoms with van der Waals surface area (Å²) in [6.45, 7) is 2.18. The van der Waals surface area contributed by atoms with Gasteiger partial charge in [-0.25, -0.2) is 38.7 Å². The third-order valence-electron chi connectivity index (χ3n) is 17.9. The average Bonchev–Trinajstić information content (AvgIpc) is 0.828. The highest BCUT2D eigenvalue weighted by Gasteiger charge is 2.46. The molecule has 25 nitrogen and oxygen atoms in total. The molecule has 15 rings (SSSR count). The van der Waals surface area contributed by atoms with Gasteiger partial charge in [0.05, 0.1) is 30.2 Å². The number of nitrogens with one attached hydrogen (secondary N) is 5. The van der Waals surface area contributed by atoms with Gasteiger partial charge in [0.25, 0.3) is 5.91 Å². The molecule has 0 aromatic heterocycles. The van der Waals surface area contributed by atoms with Crippen LogP contribution in [0.3, 0.4) is 0 Å². The van der Waals surface area contributed by atoms with Crippen molar-refractivity contribution in [1.29, 1.82) is 0 Å². The first kappa shape index (κ1) is 77.6. The lowest BCUT2D eigenvalue weighted by atomic mass is 9.95. The molecule has 5 saturated heterocycles. The van der Waals surface area contributed by atoms with Crippen LogP contribution in [0.1, 0.15) is 62.3 Å². The van der Waals surface area contributed by atoms with Crippen LogP contribution in [0.25, 0.3) is 0 Å². The van der Waals surface area contributed by atoms with Crippen molar-refractivity contribution in [1.82, 2.24) is 36.4 Å². The maximum absolute atomic E-state index is 12.7. The molecule has 5 fully saturated rings. The number of halogens is 1. The van der Waals surface area contributed by atoms with Crippen LogP contribution < -0.4 is 41.3 Å². The molecule has 111 heavy (non-hydrogen) atoms. The van der Waals surface area contributed by atoms with E-state index in [1.165, 1.54) is 0 Å². The molecule has 5 unspecified atom stereocenters. The molecule has 5 N–H and O–H groups in total. The van der Waals surface area contributed by atoms with Gasteiger partial charge in [-0.2, -0.15) is 0 Å². The zero-order chi connectivity index (χ0) is 78.7. The number of para-hydroxylation sites is 2. The highest BCUT2D eigenvalue weighted by atomic mass is 35.5. The first-order chi connectivity index (χ1) is 53.6. The van der Waals surface area contributed by atoms with Gasteiger partial charge >= 0.3 is 30.2 Å². The first-order valence-electron chi connectivity index (χ1n) is 34.7. The molecule has 5 heterocycles. The second-order valence-electron chi connectivity index (χ2n) is 25.5. The number of carbonyl (C=O) groups is 15. The van der Waals surface area contributed by atoms with Gasteiger partial charge in [0.15, 0.2) is 0 Å². The number of urea groups is 5. The molecule has 5 aliphatic rings. The first-order valence-corrected chi connectivity index (χ1v) is 35.1. The van der Waals surface area contributed by atoms with E-state index in [-0.39, 0.29) is 25.9 Å². The number of anilines is 3. The van der Waals surface area contributed by atoms with Crippen LogP contribution in [0.15, 0.2) is 291 Å². The quantitative estimate of drug-likeness (QED) is 0.0632. The zero-order valence-electron chi connectivity index (χ0n) is 59.2. The van der Waals surface area contributed by atoms with Crippen molar-refractivity contribution in [3.8, 4) is 0 Å². The molecule has 5 atom stereocenters. The maximum atomic E-state index is 12.7. The smallest absolute Gasteiger partial charge is 0.277 e. The van der Waals surface area contributed by atoms with Crippen molar-refractivity contribution in [3.05, 3.63) is 341 Å². The number of nitrogens with zero attached hydrogens (tertiary/aromatic N) is 5. The molecule has 26 heteroatoms. The van der Waals surface area contributed by atoms with Gasteiger partial charge in [0.2, 0.25) is 53.2 Å². The monoisotopic (exact) mass is 1500 g/mol. The van der Waals surface area contributed by atoms with Gasteiger partial charge in [-0.15, -0.1) is 0 Å². The van der Waals surface area contributed by atoms with Gasteiger partial charge in [0.1, 0.15) is 29.6 Å². The molecule has 10 aromatic rings. The Morgan fingerprint density at radius 2 is 0.523 bits per heavy atom. The molecule has 0 saturated carbocycles. The number of barbiturate groups is 5. The summed E-state index contributed by atoms with van der Waals surface area (Å²) in [6.07, 6.45) is 0.531.